The fourth-order valence-corrected chi connectivity index (χ4v) is 6.10. The molecule has 32 heavy (non-hydrogen) atoms. The zero-order chi connectivity index (χ0) is 22.0. The van der Waals surface area contributed by atoms with Crippen molar-refractivity contribution < 1.29 is 9.59 Å². The van der Waals surface area contributed by atoms with Crippen molar-refractivity contribution in [2.45, 2.75) is 51.5 Å². The second-order valence-corrected chi connectivity index (χ2v) is 9.83. The standard InChI is InChI=1S/C27H27N3O2/c1-2-23(31)30-11-7-18-17(15-30)4-3-5-19(18)22-14-29-25(26(28)32)20-12-16-6-8-27(9-10-27)13-21(16)24(20)22/h2-5,14H,1,6-13,15H2,(H2,28,32). The molecule has 3 aliphatic carbocycles. The molecule has 0 saturated heterocycles. The molecule has 2 aromatic rings. The Morgan fingerprint density at radius 2 is 1.97 bits per heavy atom. The van der Waals surface area contributed by atoms with Crippen molar-refractivity contribution in [2.24, 2.45) is 11.1 Å². The summed E-state index contributed by atoms with van der Waals surface area (Å²) >= 11 is 0. The molecule has 0 atom stereocenters. The lowest BCUT2D eigenvalue weighted by Crippen LogP contribution is -2.34. The van der Waals surface area contributed by atoms with Crippen LogP contribution in [0.15, 0.2) is 42.6 Å². The molecule has 0 unspecified atom stereocenters. The van der Waals surface area contributed by atoms with Crippen LogP contribution in [0, 0.1) is 5.41 Å². The number of benzene rings is 1. The maximum absolute atomic E-state index is 12.2. The third-order valence-corrected chi connectivity index (χ3v) is 8.04. The van der Waals surface area contributed by atoms with Crippen molar-refractivity contribution in [2.75, 3.05) is 6.54 Å². The van der Waals surface area contributed by atoms with E-state index in [1.165, 1.54) is 58.7 Å². The van der Waals surface area contributed by atoms with Crippen LogP contribution < -0.4 is 5.73 Å². The third-order valence-electron chi connectivity index (χ3n) is 8.04. The molecule has 4 aliphatic rings. The number of carbonyl (C=O) groups is 2. The van der Waals surface area contributed by atoms with E-state index < -0.39 is 5.91 Å². The summed E-state index contributed by atoms with van der Waals surface area (Å²) in [6.45, 7) is 4.91. The first-order valence-electron chi connectivity index (χ1n) is 11.5. The van der Waals surface area contributed by atoms with Gasteiger partial charge in [-0.25, -0.2) is 0 Å². The Balaban J connectivity index is 1.50. The number of fused-ring (bicyclic) bond motifs is 3. The predicted octanol–water partition coefficient (Wildman–Crippen LogP) is 4.19. The zero-order valence-corrected chi connectivity index (χ0v) is 18.2. The van der Waals surface area contributed by atoms with Gasteiger partial charge in [0.05, 0.1) is 0 Å². The van der Waals surface area contributed by atoms with Gasteiger partial charge >= 0.3 is 0 Å². The van der Waals surface area contributed by atoms with Crippen LogP contribution in [-0.2, 0) is 24.2 Å². The summed E-state index contributed by atoms with van der Waals surface area (Å²) < 4.78 is 0. The van der Waals surface area contributed by atoms with Gasteiger partial charge in [0.2, 0.25) is 5.91 Å². The number of aromatic nitrogens is 1. The van der Waals surface area contributed by atoms with Gasteiger partial charge in [-0.05, 0) is 89.8 Å². The molecule has 1 aromatic carbocycles. The first kappa shape index (κ1) is 19.5. The highest BCUT2D eigenvalue weighted by Crippen LogP contribution is 2.62. The molecule has 2 heterocycles. The molecule has 1 saturated carbocycles. The number of allylic oxidation sites excluding steroid dienone is 2. The lowest BCUT2D eigenvalue weighted by atomic mass is 9.79. The highest BCUT2D eigenvalue weighted by atomic mass is 16.2. The molecular formula is C27H27N3O2. The molecule has 5 nitrogen and oxygen atoms in total. The van der Waals surface area contributed by atoms with Crippen LogP contribution in [0.5, 0.6) is 0 Å². The number of hydrogen-bond acceptors (Lipinski definition) is 3. The second kappa shape index (κ2) is 6.89. The van der Waals surface area contributed by atoms with Crippen molar-refractivity contribution in [1.29, 1.82) is 0 Å². The predicted molar refractivity (Wildman–Crippen MR) is 124 cm³/mol. The Bertz CT molecular complexity index is 1240. The van der Waals surface area contributed by atoms with E-state index in [1.54, 1.807) is 0 Å². The number of rotatable bonds is 3. The van der Waals surface area contributed by atoms with Gasteiger partial charge in [-0.1, -0.05) is 30.4 Å². The van der Waals surface area contributed by atoms with Gasteiger partial charge in [0, 0.05) is 24.8 Å². The lowest BCUT2D eigenvalue weighted by molar-refractivity contribution is -0.126. The van der Waals surface area contributed by atoms with Crippen molar-refractivity contribution >= 4 is 17.4 Å². The van der Waals surface area contributed by atoms with Gasteiger partial charge in [0.15, 0.2) is 0 Å². The molecular weight excluding hydrogens is 398 g/mol. The molecule has 0 radical (unpaired) electrons. The van der Waals surface area contributed by atoms with E-state index in [1.807, 2.05) is 11.1 Å². The van der Waals surface area contributed by atoms with Crippen LogP contribution in [-0.4, -0.2) is 28.2 Å². The van der Waals surface area contributed by atoms with Gasteiger partial charge in [-0.2, -0.15) is 0 Å². The van der Waals surface area contributed by atoms with Crippen molar-refractivity contribution in [3.8, 4) is 11.1 Å². The highest BCUT2D eigenvalue weighted by molar-refractivity contribution is 5.98. The van der Waals surface area contributed by atoms with Crippen LogP contribution in [0.25, 0.3) is 16.7 Å². The van der Waals surface area contributed by atoms with Crippen molar-refractivity contribution in [3.63, 3.8) is 0 Å². The van der Waals surface area contributed by atoms with Gasteiger partial charge in [0.25, 0.3) is 5.91 Å². The number of hydrogen-bond donors (Lipinski definition) is 1. The Kier molecular flexibility index (Phi) is 4.19. The van der Waals surface area contributed by atoms with Crippen LogP contribution in [0.4, 0.5) is 0 Å². The number of carbonyl (C=O) groups excluding carboxylic acids is 2. The lowest BCUT2D eigenvalue weighted by Gasteiger charge is -2.30. The van der Waals surface area contributed by atoms with Crippen molar-refractivity contribution in [1.82, 2.24) is 9.88 Å². The summed E-state index contributed by atoms with van der Waals surface area (Å²) in [4.78, 5) is 30.8. The molecule has 1 spiro atoms. The molecule has 162 valence electrons. The van der Waals surface area contributed by atoms with Gasteiger partial charge in [-0.15, -0.1) is 0 Å². The summed E-state index contributed by atoms with van der Waals surface area (Å²) in [6, 6.07) is 6.34. The summed E-state index contributed by atoms with van der Waals surface area (Å²) in [5, 5.41) is 0. The topological polar surface area (TPSA) is 76.3 Å². The van der Waals surface area contributed by atoms with E-state index in [9.17, 15) is 9.59 Å². The molecule has 1 aromatic heterocycles. The molecule has 5 heteroatoms. The minimum atomic E-state index is -0.442. The summed E-state index contributed by atoms with van der Waals surface area (Å²) in [5.41, 5.74) is 16.5. The molecule has 1 fully saturated rings. The Morgan fingerprint density at radius 3 is 2.72 bits per heavy atom. The second-order valence-electron chi connectivity index (χ2n) is 9.83. The van der Waals surface area contributed by atoms with E-state index in [0.29, 0.717) is 24.2 Å². The summed E-state index contributed by atoms with van der Waals surface area (Å²) in [6.07, 6.45) is 11.0. The summed E-state index contributed by atoms with van der Waals surface area (Å²) in [5.74, 6) is -0.469. The molecule has 0 bridgehead atoms. The Morgan fingerprint density at radius 1 is 1.12 bits per heavy atom. The molecule has 1 aliphatic heterocycles. The maximum Gasteiger partial charge on any atom is 0.267 e. The fourth-order valence-electron chi connectivity index (χ4n) is 6.10. The number of amides is 2. The van der Waals surface area contributed by atoms with Crippen LogP contribution in [0.3, 0.4) is 0 Å². The van der Waals surface area contributed by atoms with Crippen LogP contribution >= 0.6 is 0 Å². The van der Waals surface area contributed by atoms with Gasteiger partial charge in [0.1, 0.15) is 5.69 Å². The number of pyridine rings is 1. The average Bonchev–Trinajstić information content (AvgIpc) is 3.45. The van der Waals surface area contributed by atoms with Crippen LogP contribution in [0.1, 0.15) is 64.8 Å². The first-order chi connectivity index (χ1) is 15.5. The van der Waals surface area contributed by atoms with Crippen molar-refractivity contribution in [3.05, 3.63) is 70.6 Å². The van der Waals surface area contributed by atoms with Gasteiger partial charge < -0.3 is 10.6 Å². The largest absolute Gasteiger partial charge is 0.364 e. The smallest absolute Gasteiger partial charge is 0.267 e. The first-order valence-corrected chi connectivity index (χ1v) is 11.5. The Hall–Kier alpha value is -3.21. The van der Waals surface area contributed by atoms with Crippen LogP contribution in [0.2, 0.25) is 0 Å². The van der Waals surface area contributed by atoms with E-state index in [4.69, 9.17) is 5.73 Å². The number of nitrogens with two attached hydrogens (primary N) is 1. The molecule has 2 amide bonds. The maximum atomic E-state index is 12.2. The van der Waals surface area contributed by atoms with Gasteiger partial charge in [-0.3, -0.25) is 14.6 Å². The SMILES string of the molecule is C=CC(=O)N1CCc2c(cccc2-c2cnc(C(N)=O)c3c2C2=C(CCC4(CC4)C2)C3)C1. The number of primary amides is 1. The average molecular weight is 426 g/mol. The van der Waals surface area contributed by atoms with E-state index in [2.05, 4.69) is 29.8 Å². The fraction of sp³-hybridized carbons (Fsp3) is 0.370. The zero-order valence-electron chi connectivity index (χ0n) is 18.2. The normalized spacial score (nSPS) is 19.9. The van der Waals surface area contributed by atoms with E-state index in [0.717, 1.165) is 36.8 Å². The monoisotopic (exact) mass is 425 g/mol. The quantitative estimate of drug-likeness (QED) is 0.749. The third kappa shape index (κ3) is 2.87. The molecule has 6 rings (SSSR count). The molecule has 2 N–H and O–H groups in total. The van der Waals surface area contributed by atoms with E-state index >= 15 is 0 Å². The van der Waals surface area contributed by atoms with E-state index in [-0.39, 0.29) is 5.91 Å². The number of nitrogens with zero attached hydrogens (tertiary/aromatic N) is 2. The Labute approximate surface area is 188 Å². The summed E-state index contributed by atoms with van der Waals surface area (Å²) in [7, 11) is 0. The minimum absolute atomic E-state index is 0.0267. The highest BCUT2D eigenvalue weighted by Gasteiger charge is 2.47. The minimum Gasteiger partial charge on any atom is -0.364 e.